The Balaban J connectivity index is 1.30. The quantitative estimate of drug-likeness (QED) is 0.401. The van der Waals surface area contributed by atoms with Crippen molar-refractivity contribution in [2.45, 2.75) is 38.0 Å². The standard InChI is InChI=1S/C30H33ClFN5O3/c1-19(32)29(38)37-14-12-36(13-15-37)28-23-18-39-26(22-9-3-6-20-7-4-10-24(31)27(20)22)16-25(23)33-30(34-28)40-17-21-8-5-11-35(21)2/h3-4,6-7,9-10,21,26H,1,5,8,11-18H2,2H3. The number of piperazine rings is 1. The van der Waals surface area contributed by atoms with E-state index in [1.165, 1.54) is 4.90 Å². The van der Waals surface area contributed by atoms with Gasteiger partial charge in [0.15, 0.2) is 5.83 Å². The summed E-state index contributed by atoms with van der Waals surface area (Å²) >= 11 is 6.63. The fraction of sp³-hybridized carbons (Fsp3) is 0.433. The van der Waals surface area contributed by atoms with Crippen molar-refractivity contribution in [3.05, 3.63) is 70.6 Å². The van der Waals surface area contributed by atoms with Crippen LogP contribution in [0.4, 0.5) is 10.2 Å². The van der Waals surface area contributed by atoms with Crippen molar-refractivity contribution < 1.29 is 18.7 Å². The van der Waals surface area contributed by atoms with E-state index in [0.717, 1.165) is 52.8 Å². The highest BCUT2D eigenvalue weighted by Gasteiger charge is 2.32. The zero-order valence-corrected chi connectivity index (χ0v) is 23.4. The highest BCUT2D eigenvalue weighted by Crippen LogP contribution is 2.39. The number of ether oxygens (including phenoxy) is 2. The number of likely N-dealkylation sites (tertiary alicyclic amines) is 1. The van der Waals surface area contributed by atoms with Gasteiger partial charge in [-0.3, -0.25) is 4.79 Å². The first-order valence-corrected chi connectivity index (χ1v) is 14.2. The predicted molar refractivity (Wildman–Crippen MR) is 152 cm³/mol. The van der Waals surface area contributed by atoms with E-state index in [0.29, 0.717) is 62.9 Å². The average Bonchev–Trinajstić information content (AvgIpc) is 3.39. The summed E-state index contributed by atoms with van der Waals surface area (Å²) in [6, 6.07) is 12.7. The smallest absolute Gasteiger partial charge is 0.318 e. The SMILES string of the molecule is C=C(F)C(=O)N1CCN(c2nc(OCC3CCCN3C)nc3c2COC(c2cccc4cccc(Cl)c24)C3)CC1. The number of benzene rings is 2. The van der Waals surface area contributed by atoms with Gasteiger partial charge in [-0.2, -0.15) is 9.97 Å². The maximum absolute atomic E-state index is 13.5. The number of amides is 1. The summed E-state index contributed by atoms with van der Waals surface area (Å²) in [6.07, 6.45) is 2.57. The van der Waals surface area contributed by atoms with Crippen LogP contribution in [0.2, 0.25) is 5.02 Å². The number of hydrogen-bond donors (Lipinski definition) is 0. The summed E-state index contributed by atoms with van der Waals surface area (Å²) in [4.78, 5) is 27.7. The average molecular weight is 566 g/mol. The topological polar surface area (TPSA) is 71.0 Å². The Hall–Kier alpha value is -3.27. The van der Waals surface area contributed by atoms with Crippen LogP contribution in [0.5, 0.6) is 6.01 Å². The minimum absolute atomic E-state index is 0.224. The first-order valence-electron chi connectivity index (χ1n) is 13.8. The van der Waals surface area contributed by atoms with Crippen LogP contribution < -0.4 is 9.64 Å². The van der Waals surface area contributed by atoms with Crippen LogP contribution >= 0.6 is 11.6 Å². The number of halogens is 2. The molecule has 10 heteroatoms. The number of rotatable bonds is 6. The first-order chi connectivity index (χ1) is 19.4. The number of aromatic nitrogens is 2. The second kappa shape index (κ2) is 11.3. The van der Waals surface area contributed by atoms with Crippen LogP contribution in [-0.4, -0.2) is 78.1 Å². The maximum atomic E-state index is 13.5. The minimum Gasteiger partial charge on any atom is -0.462 e. The lowest BCUT2D eigenvalue weighted by atomic mass is 9.94. The van der Waals surface area contributed by atoms with Crippen LogP contribution in [0.15, 0.2) is 48.8 Å². The molecule has 2 unspecified atom stereocenters. The number of hydrogen-bond acceptors (Lipinski definition) is 7. The molecule has 0 bridgehead atoms. The molecule has 0 aliphatic carbocycles. The number of carbonyl (C=O) groups is 1. The van der Waals surface area contributed by atoms with Gasteiger partial charge in [0.05, 0.1) is 18.4 Å². The number of fused-ring (bicyclic) bond motifs is 2. The molecule has 0 spiro atoms. The Labute approximate surface area is 238 Å². The summed E-state index contributed by atoms with van der Waals surface area (Å²) in [6.45, 7) is 6.85. The van der Waals surface area contributed by atoms with E-state index in [4.69, 9.17) is 31.0 Å². The molecule has 6 rings (SSSR count). The maximum Gasteiger partial charge on any atom is 0.318 e. The highest BCUT2D eigenvalue weighted by atomic mass is 35.5. The summed E-state index contributed by atoms with van der Waals surface area (Å²) in [5.41, 5.74) is 2.83. The third-order valence-electron chi connectivity index (χ3n) is 8.27. The van der Waals surface area contributed by atoms with E-state index in [2.05, 4.69) is 41.6 Å². The van der Waals surface area contributed by atoms with Crippen LogP contribution in [0, 0.1) is 0 Å². The van der Waals surface area contributed by atoms with Crippen molar-refractivity contribution >= 4 is 34.1 Å². The molecule has 4 heterocycles. The van der Waals surface area contributed by atoms with Gasteiger partial charge in [-0.25, -0.2) is 4.39 Å². The molecule has 0 radical (unpaired) electrons. The molecule has 3 aliphatic rings. The van der Waals surface area contributed by atoms with Gasteiger partial charge in [0.2, 0.25) is 0 Å². The first kappa shape index (κ1) is 26.9. The second-order valence-electron chi connectivity index (χ2n) is 10.7. The third-order valence-corrected chi connectivity index (χ3v) is 8.58. The second-order valence-corrected chi connectivity index (χ2v) is 11.1. The van der Waals surface area contributed by atoms with Gasteiger partial charge in [0.25, 0.3) is 5.91 Å². The number of carbonyl (C=O) groups excluding carboxylic acids is 1. The third kappa shape index (κ3) is 5.25. The van der Waals surface area contributed by atoms with Crippen LogP contribution in [0.1, 0.15) is 35.8 Å². The molecule has 2 aromatic carbocycles. The van der Waals surface area contributed by atoms with Crippen molar-refractivity contribution in [1.82, 2.24) is 19.8 Å². The van der Waals surface area contributed by atoms with E-state index in [9.17, 15) is 9.18 Å². The van der Waals surface area contributed by atoms with Crippen molar-refractivity contribution in [2.75, 3.05) is 51.3 Å². The number of likely N-dealkylation sites (N-methyl/N-ethyl adjacent to an activating group) is 1. The Morgan fingerprint density at radius 3 is 2.65 bits per heavy atom. The Morgan fingerprint density at radius 2 is 1.93 bits per heavy atom. The van der Waals surface area contributed by atoms with Crippen molar-refractivity contribution in [3.63, 3.8) is 0 Å². The molecule has 2 fully saturated rings. The summed E-state index contributed by atoms with van der Waals surface area (Å²) in [7, 11) is 2.12. The lowest BCUT2D eigenvalue weighted by Gasteiger charge is -2.37. The van der Waals surface area contributed by atoms with Crippen LogP contribution in [-0.2, 0) is 22.6 Å². The fourth-order valence-electron chi connectivity index (χ4n) is 6.00. The summed E-state index contributed by atoms with van der Waals surface area (Å²) in [5, 5.41) is 2.75. The molecule has 0 saturated carbocycles. The Morgan fingerprint density at radius 1 is 1.15 bits per heavy atom. The van der Waals surface area contributed by atoms with Gasteiger partial charge < -0.3 is 24.2 Å². The zero-order chi connectivity index (χ0) is 27.8. The van der Waals surface area contributed by atoms with E-state index in [1.807, 2.05) is 18.2 Å². The largest absolute Gasteiger partial charge is 0.462 e. The van der Waals surface area contributed by atoms with Crippen molar-refractivity contribution in [2.24, 2.45) is 0 Å². The predicted octanol–water partition coefficient (Wildman–Crippen LogP) is 4.70. The molecule has 3 aromatic rings. The van der Waals surface area contributed by atoms with Crippen molar-refractivity contribution in [1.29, 1.82) is 0 Å². The van der Waals surface area contributed by atoms with Crippen LogP contribution in [0.25, 0.3) is 10.8 Å². The lowest BCUT2D eigenvalue weighted by Crippen LogP contribution is -2.49. The monoisotopic (exact) mass is 565 g/mol. The molecule has 210 valence electrons. The normalized spacial score (nSPS) is 21.5. The molecule has 40 heavy (non-hydrogen) atoms. The van der Waals surface area contributed by atoms with Gasteiger partial charge >= 0.3 is 6.01 Å². The van der Waals surface area contributed by atoms with Gasteiger partial charge in [-0.05, 0) is 43.5 Å². The van der Waals surface area contributed by atoms with E-state index < -0.39 is 11.7 Å². The molecule has 2 saturated heterocycles. The molecule has 1 aromatic heterocycles. The van der Waals surface area contributed by atoms with Crippen molar-refractivity contribution in [3.8, 4) is 6.01 Å². The summed E-state index contributed by atoms with van der Waals surface area (Å²) in [5.74, 6) is -0.845. The highest BCUT2D eigenvalue weighted by molar-refractivity contribution is 6.35. The minimum atomic E-state index is -0.937. The molecule has 3 aliphatic heterocycles. The van der Waals surface area contributed by atoms with Crippen LogP contribution in [0.3, 0.4) is 0 Å². The molecular weight excluding hydrogens is 533 g/mol. The summed E-state index contributed by atoms with van der Waals surface area (Å²) < 4.78 is 26.1. The Bertz CT molecular complexity index is 1440. The molecule has 8 nitrogen and oxygen atoms in total. The van der Waals surface area contributed by atoms with E-state index >= 15 is 0 Å². The fourth-order valence-corrected chi connectivity index (χ4v) is 6.29. The van der Waals surface area contributed by atoms with E-state index in [-0.39, 0.29) is 6.10 Å². The Kier molecular flexibility index (Phi) is 7.61. The zero-order valence-electron chi connectivity index (χ0n) is 22.6. The number of nitrogens with zero attached hydrogens (tertiary/aromatic N) is 5. The molecule has 0 N–H and O–H groups in total. The number of anilines is 1. The molecular formula is C30H33ClFN5O3. The van der Waals surface area contributed by atoms with Gasteiger partial charge in [0, 0.05) is 54.6 Å². The van der Waals surface area contributed by atoms with Gasteiger partial charge in [-0.15, -0.1) is 0 Å². The van der Waals surface area contributed by atoms with Gasteiger partial charge in [0.1, 0.15) is 12.4 Å². The lowest BCUT2D eigenvalue weighted by molar-refractivity contribution is -0.128. The van der Waals surface area contributed by atoms with E-state index in [1.54, 1.807) is 0 Å². The molecule has 1 amide bonds. The molecule has 2 atom stereocenters. The van der Waals surface area contributed by atoms with Gasteiger partial charge in [-0.1, -0.05) is 48.5 Å².